The van der Waals surface area contributed by atoms with Crippen LogP contribution in [0.15, 0.2) is 4.99 Å². The lowest BCUT2D eigenvalue weighted by Crippen LogP contribution is -2.56. The lowest BCUT2D eigenvalue weighted by molar-refractivity contribution is -0.141. The average Bonchev–Trinajstić information content (AvgIpc) is 3.18. The molecule has 31 heavy (non-hydrogen) atoms. The molecule has 12 nitrogen and oxygen atoms in total. The first-order valence-corrected chi connectivity index (χ1v) is 10.6. The number of nitrogens with one attached hydrogen (secondary N) is 2. The smallest absolute Gasteiger partial charge is 0.245 e. The molecule has 0 bridgehead atoms. The third-order valence-electron chi connectivity index (χ3n) is 5.07. The largest absolute Gasteiger partial charge is 0.370 e. The molecule has 176 valence electrons. The molecule has 4 amide bonds. The zero-order valence-corrected chi connectivity index (χ0v) is 18.1. The summed E-state index contributed by atoms with van der Waals surface area (Å²) in [6.45, 7) is 2.47. The van der Waals surface area contributed by atoms with Gasteiger partial charge in [0.25, 0.3) is 0 Å². The molecule has 1 saturated heterocycles. The minimum Gasteiger partial charge on any atom is -0.370 e. The van der Waals surface area contributed by atoms with Gasteiger partial charge in [0.2, 0.25) is 23.6 Å². The first-order valence-electron chi connectivity index (χ1n) is 10.6. The first-order chi connectivity index (χ1) is 14.7. The number of nitrogens with two attached hydrogens (primary N) is 4. The number of guanidine groups is 1. The molecule has 0 aromatic heterocycles. The summed E-state index contributed by atoms with van der Waals surface area (Å²) in [7, 11) is 0. The van der Waals surface area contributed by atoms with Crippen molar-refractivity contribution in [1.29, 1.82) is 0 Å². The molecule has 0 aliphatic carbocycles. The van der Waals surface area contributed by atoms with Crippen molar-refractivity contribution in [3.05, 3.63) is 0 Å². The molecule has 0 aromatic carbocycles. The van der Waals surface area contributed by atoms with Crippen LogP contribution in [0.5, 0.6) is 0 Å². The highest BCUT2D eigenvalue weighted by atomic mass is 16.2. The van der Waals surface area contributed by atoms with Crippen molar-refractivity contribution in [3.63, 3.8) is 0 Å². The first kappa shape index (κ1) is 26.1. The zero-order valence-electron chi connectivity index (χ0n) is 18.1. The summed E-state index contributed by atoms with van der Waals surface area (Å²) >= 11 is 0. The number of hydrogen-bond acceptors (Lipinski definition) is 6. The molecule has 1 fully saturated rings. The molecule has 1 rings (SSSR count). The highest BCUT2D eigenvalue weighted by Gasteiger charge is 2.37. The standard InChI is InChI=1S/C19H36N8O4/c1-12(28)25-13(6-2-3-9-20)17(30)26-14(7-4-10-24-19(22)23)18(31)27-11-5-8-15(27)16(21)29/h13-15H,2-11,20H2,1H3,(H2,21,29)(H,25,28)(H,26,30)(H4,22,23,24)/t13-,14-,15-/m0/s1. The van der Waals surface area contributed by atoms with E-state index in [1.807, 2.05) is 0 Å². The fraction of sp³-hybridized carbons (Fsp3) is 0.737. The van der Waals surface area contributed by atoms with E-state index in [-0.39, 0.29) is 30.7 Å². The molecular weight excluding hydrogens is 404 g/mol. The zero-order chi connectivity index (χ0) is 23.4. The Bertz CT molecular complexity index is 665. The van der Waals surface area contributed by atoms with Crippen LogP contribution in [-0.2, 0) is 19.2 Å². The highest BCUT2D eigenvalue weighted by Crippen LogP contribution is 2.19. The maximum absolute atomic E-state index is 13.1. The third kappa shape index (κ3) is 9.20. The van der Waals surface area contributed by atoms with Crippen LogP contribution < -0.4 is 33.6 Å². The van der Waals surface area contributed by atoms with Gasteiger partial charge in [0.15, 0.2) is 5.96 Å². The quantitative estimate of drug-likeness (QED) is 0.104. The Morgan fingerprint density at radius 3 is 2.29 bits per heavy atom. The van der Waals surface area contributed by atoms with Gasteiger partial charge in [-0.15, -0.1) is 0 Å². The van der Waals surface area contributed by atoms with Gasteiger partial charge in [0.1, 0.15) is 18.1 Å². The van der Waals surface area contributed by atoms with Crippen LogP contribution >= 0.6 is 0 Å². The SMILES string of the molecule is CC(=O)N[C@@H](CCCCN)C(=O)N[C@@H](CCCN=C(N)N)C(=O)N1CCC[C@H]1C(N)=O. The van der Waals surface area contributed by atoms with Gasteiger partial charge in [-0.05, 0) is 51.5 Å². The topological polar surface area (TPSA) is 212 Å². The number of amides is 4. The lowest BCUT2D eigenvalue weighted by atomic mass is 10.1. The van der Waals surface area contributed by atoms with Gasteiger partial charge in [-0.2, -0.15) is 0 Å². The number of primary amides is 1. The number of carbonyl (C=O) groups excluding carboxylic acids is 4. The van der Waals surface area contributed by atoms with Crippen molar-refractivity contribution < 1.29 is 19.2 Å². The summed E-state index contributed by atoms with van der Waals surface area (Å²) in [6, 6.07) is -2.38. The van der Waals surface area contributed by atoms with Crippen molar-refractivity contribution in [3.8, 4) is 0 Å². The molecule has 1 aliphatic heterocycles. The number of nitrogens with zero attached hydrogens (tertiary/aromatic N) is 2. The monoisotopic (exact) mass is 440 g/mol. The predicted octanol–water partition coefficient (Wildman–Crippen LogP) is -2.37. The van der Waals surface area contributed by atoms with E-state index in [4.69, 9.17) is 22.9 Å². The Balaban J connectivity index is 2.93. The molecule has 0 radical (unpaired) electrons. The van der Waals surface area contributed by atoms with Crippen LogP contribution in [-0.4, -0.2) is 72.2 Å². The van der Waals surface area contributed by atoms with Crippen molar-refractivity contribution >= 4 is 29.6 Å². The van der Waals surface area contributed by atoms with Crippen LogP contribution in [0.4, 0.5) is 0 Å². The molecule has 10 N–H and O–H groups in total. The summed E-state index contributed by atoms with van der Waals surface area (Å²) in [5.41, 5.74) is 21.6. The summed E-state index contributed by atoms with van der Waals surface area (Å²) in [5.74, 6) is -1.85. The van der Waals surface area contributed by atoms with Gasteiger partial charge in [-0.1, -0.05) is 0 Å². The fourth-order valence-electron chi connectivity index (χ4n) is 3.57. The van der Waals surface area contributed by atoms with E-state index in [1.165, 1.54) is 11.8 Å². The van der Waals surface area contributed by atoms with Gasteiger partial charge in [-0.25, -0.2) is 0 Å². The number of rotatable bonds is 13. The molecule has 3 atom stereocenters. The molecule has 0 saturated carbocycles. The Labute approximate surface area is 182 Å². The highest BCUT2D eigenvalue weighted by molar-refractivity contribution is 5.94. The lowest BCUT2D eigenvalue weighted by Gasteiger charge is -2.29. The minimum absolute atomic E-state index is 0.0640. The Kier molecular flexibility index (Phi) is 11.3. The molecule has 12 heteroatoms. The van der Waals surface area contributed by atoms with E-state index in [0.29, 0.717) is 51.6 Å². The number of aliphatic imine (C=N–C) groups is 1. The van der Waals surface area contributed by atoms with E-state index < -0.39 is 29.9 Å². The molecular formula is C19H36N8O4. The van der Waals surface area contributed by atoms with E-state index in [1.54, 1.807) is 0 Å². The predicted molar refractivity (Wildman–Crippen MR) is 116 cm³/mol. The molecule has 1 heterocycles. The van der Waals surface area contributed by atoms with Gasteiger partial charge in [0, 0.05) is 20.0 Å². The third-order valence-corrected chi connectivity index (χ3v) is 5.07. The summed E-state index contributed by atoms with van der Waals surface area (Å²) in [6.07, 6.45) is 3.59. The van der Waals surface area contributed by atoms with Crippen LogP contribution in [0.25, 0.3) is 0 Å². The van der Waals surface area contributed by atoms with Gasteiger partial charge in [0.05, 0.1) is 0 Å². The number of unbranched alkanes of at least 4 members (excludes halogenated alkanes) is 1. The van der Waals surface area contributed by atoms with E-state index in [0.717, 1.165) is 0 Å². The summed E-state index contributed by atoms with van der Waals surface area (Å²) < 4.78 is 0. The minimum atomic E-state index is -0.896. The Morgan fingerprint density at radius 2 is 1.71 bits per heavy atom. The van der Waals surface area contributed by atoms with Gasteiger partial charge >= 0.3 is 0 Å². The molecule has 1 aliphatic rings. The van der Waals surface area contributed by atoms with Gasteiger partial charge < -0.3 is 38.5 Å². The molecule has 0 aromatic rings. The number of likely N-dealkylation sites (tertiary alicyclic amines) is 1. The summed E-state index contributed by atoms with van der Waals surface area (Å²) in [5, 5.41) is 5.35. The maximum Gasteiger partial charge on any atom is 0.245 e. The van der Waals surface area contributed by atoms with Crippen molar-refractivity contribution in [2.45, 2.75) is 70.0 Å². The fourth-order valence-corrected chi connectivity index (χ4v) is 3.57. The van der Waals surface area contributed by atoms with Crippen LogP contribution in [0.2, 0.25) is 0 Å². The second kappa shape index (κ2) is 13.4. The van der Waals surface area contributed by atoms with Crippen molar-refractivity contribution in [1.82, 2.24) is 15.5 Å². The second-order valence-corrected chi connectivity index (χ2v) is 7.64. The Hall–Kier alpha value is -2.89. The second-order valence-electron chi connectivity index (χ2n) is 7.64. The van der Waals surface area contributed by atoms with Crippen molar-refractivity contribution in [2.75, 3.05) is 19.6 Å². The maximum atomic E-state index is 13.1. The van der Waals surface area contributed by atoms with Crippen LogP contribution in [0.3, 0.4) is 0 Å². The van der Waals surface area contributed by atoms with E-state index >= 15 is 0 Å². The summed E-state index contributed by atoms with van der Waals surface area (Å²) in [4.78, 5) is 54.6. The van der Waals surface area contributed by atoms with Gasteiger partial charge in [-0.3, -0.25) is 24.2 Å². The molecule has 0 unspecified atom stereocenters. The van der Waals surface area contributed by atoms with E-state index in [9.17, 15) is 19.2 Å². The number of hydrogen-bond donors (Lipinski definition) is 6. The molecule has 0 spiro atoms. The van der Waals surface area contributed by atoms with Crippen molar-refractivity contribution in [2.24, 2.45) is 27.9 Å². The average molecular weight is 441 g/mol. The number of carbonyl (C=O) groups is 4. The van der Waals surface area contributed by atoms with Crippen LogP contribution in [0, 0.1) is 0 Å². The van der Waals surface area contributed by atoms with Crippen LogP contribution in [0.1, 0.15) is 51.9 Å². The Morgan fingerprint density at radius 1 is 1.03 bits per heavy atom. The van der Waals surface area contributed by atoms with E-state index in [2.05, 4.69) is 15.6 Å². The normalized spacial score (nSPS) is 17.5.